The summed E-state index contributed by atoms with van der Waals surface area (Å²) in [6.45, 7) is 9.00. The van der Waals surface area contributed by atoms with Gasteiger partial charge in [-0.25, -0.2) is 0 Å². The van der Waals surface area contributed by atoms with Gasteiger partial charge in [-0.15, -0.1) is 0 Å². The van der Waals surface area contributed by atoms with Gasteiger partial charge in [-0.05, 0) is 26.7 Å². The molecule has 0 radical (unpaired) electrons. The van der Waals surface area contributed by atoms with E-state index >= 15 is 0 Å². The van der Waals surface area contributed by atoms with Crippen LogP contribution in [-0.2, 0) is 9.59 Å². The van der Waals surface area contributed by atoms with E-state index in [0.29, 0.717) is 5.92 Å². The topological polar surface area (TPSA) is 78.4 Å². The van der Waals surface area contributed by atoms with Gasteiger partial charge in [-0.1, -0.05) is 13.8 Å². The Morgan fingerprint density at radius 3 is 2.12 bits per heavy atom. The molecule has 0 heterocycles. The van der Waals surface area contributed by atoms with Gasteiger partial charge in [0.1, 0.15) is 5.54 Å². The highest BCUT2D eigenvalue weighted by Gasteiger charge is 2.27. The molecule has 0 bridgehead atoms. The van der Waals surface area contributed by atoms with E-state index in [1.807, 2.05) is 20.8 Å². The Morgan fingerprint density at radius 2 is 1.75 bits per heavy atom. The van der Waals surface area contributed by atoms with E-state index in [2.05, 4.69) is 10.6 Å². The number of amides is 1. The first-order valence-corrected chi connectivity index (χ1v) is 5.44. The van der Waals surface area contributed by atoms with Crippen LogP contribution in [0.4, 0.5) is 0 Å². The zero-order valence-electron chi connectivity index (χ0n) is 10.6. The van der Waals surface area contributed by atoms with Gasteiger partial charge >= 0.3 is 5.97 Å². The van der Waals surface area contributed by atoms with Crippen molar-refractivity contribution in [2.75, 3.05) is 6.54 Å². The van der Waals surface area contributed by atoms with E-state index in [0.717, 1.165) is 0 Å². The van der Waals surface area contributed by atoms with Gasteiger partial charge < -0.3 is 10.4 Å². The van der Waals surface area contributed by atoms with Crippen molar-refractivity contribution in [2.24, 2.45) is 5.92 Å². The summed E-state index contributed by atoms with van der Waals surface area (Å²) < 4.78 is 0. The van der Waals surface area contributed by atoms with Gasteiger partial charge in [0, 0.05) is 6.04 Å². The first-order valence-electron chi connectivity index (χ1n) is 5.44. The molecule has 0 aliphatic carbocycles. The van der Waals surface area contributed by atoms with Crippen molar-refractivity contribution < 1.29 is 14.7 Å². The molecule has 0 rings (SSSR count). The number of carbonyl (C=O) groups excluding carboxylic acids is 1. The lowest BCUT2D eigenvalue weighted by Crippen LogP contribution is -2.51. The van der Waals surface area contributed by atoms with Crippen LogP contribution in [0.25, 0.3) is 0 Å². The maximum absolute atomic E-state index is 11.5. The predicted molar refractivity (Wildman–Crippen MR) is 62.2 cm³/mol. The normalized spacial score (nSPS) is 13.6. The fraction of sp³-hybridized carbons (Fsp3) is 0.818. The number of aliphatic carboxylic acids is 1. The Labute approximate surface area is 96.6 Å². The van der Waals surface area contributed by atoms with Crippen molar-refractivity contribution in [1.29, 1.82) is 0 Å². The van der Waals surface area contributed by atoms with Crippen LogP contribution in [0, 0.1) is 5.92 Å². The first kappa shape index (κ1) is 14.9. The molecule has 5 heteroatoms. The van der Waals surface area contributed by atoms with Crippen molar-refractivity contribution in [2.45, 2.75) is 46.2 Å². The van der Waals surface area contributed by atoms with Gasteiger partial charge in [0.05, 0.1) is 6.54 Å². The van der Waals surface area contributed by atoms with Crippen molar-refractivity contribution in [3.05, 3.63) is 0 Å². The number of nitrogens with one attached hydrogen (secondary N) is 2. The second-order valence-corrected chi connectivity index (χ2v) is 4.88. The minimum absolute atomic E-state index is 0.0103. The molecule has 0 aromatic rings. The number of hydrogen-bond acceptors (Lipinski definition) is 3. The molecule has 0 spiro atoms. The second-order valence-electron chi connectivity index (χ2n) is 4.88. The number of carboxylic acids is 1. The monoisotopic (exact) mass is 230 g/mol. The summed E-state index contributed by atoms with van der Waals surface area (Å²) in [6, 6.07) is 0.0854. The molecular weight excluding hydrogens is 208 g/mol. The smallest absolute Gasteiger partial charge is 0.323 e. The van der Waals surface area contributed by atoms with E-state index in [1.165, 1.54) is 13.8 Å². The molecule has 0 aromatic carbocycles. The van der Waals surface area contributed by atoms with Gasteiger partial charge in [-0.3, -0.25) is 14.9 Å². The predicted octanol–water partition coefficient (Wildman–Crippen LogP) is 0.600. The molecule has 16 heavy (non-hydrogen) atoms. The molecule has 0 aromatic heterocycles. The molecule has 94 valence electrons. The first-order chi connectivity index (χ1) is 7.16. The van der Waals surface area contributed by atoms with Crippen LogP contribution in [0.5, 0.6) is 0 Å². The fourth-order valence-corrected chi connectivity index (χ4v) is 0.848. The molecule has 0 saturated carbocycles. The summed E-state index contributed by atoms with van der Waals surface area (Å²) in [5, 5.41) is 14.3. The Balaban J connectivity index is 4.04. The summed E-state index contributed by atoms with van der Waals surface area (Å²) in [4.78, 5) is 22.2. The van der Waals surface area contributed by atoms with Gasteiger partial charge in [0.15, 0.2) is 0 Å². The van der Waals surface area contributed by atoms with Crippen molar-refractivity contribution in [1.82, 2.24) is 10.6 Å². The maximum Gasteiger partial charge on any atom is 0.323 e. The largest absolute Gasteiger partial charge is 0.480 e. The SMILES string of the molecule is CC(C)C(C)NC(=O)CNC(C)(C)C(=O)O. The summed E-state index contributed by atoms with van der Waals surface area (Å²) in [5.41, 5.74) is -1.08. The number of carboxylic acid groups (broad SMARTS) is 1. The maximum atomic E-state index is 11.5. The Bertz CT molecular complexity index is 262. The van der Waals surface area contributed by atoms with E-state index in [1.54, 1.807) is 0 Å². The quantitative estimate of drug-likeness (QED) is 0.624. The third-order valence-electron chi connectivity index (χ3n) is 2.61. The van der Waals surface area contributed by atoms with Crippen LogP contribution in [0.15, 0.2) is 0 Å². The van der Waals surface area contributed by atoms with Crippen LogP contribution >= 0.6 is 0 Å². The molecule has 0 fully saturated rings. The lowest BCUT2D eigenvalue weighted by atomic mass is 10.1. The molecule has 0 aliphatic heterocycles. The Morgan fingerprint density at radius 1 is 1.25 bits per heavy atom. The van der Waals surface area contributed by atoms with Crippen molar-refractivity contribution in [3.63, 3.8) is 0 Å². The average Bonchev–Trinajstić information content (AvgIpc) is 2.14. The zero-order chi connectivity index (χ0) is 12.9. The van der Waals surface area contributed by atoms with E-state index in [-0.39, 0.29) is 18.5 Å². The van der Waals surface area contributed by atoms with Crippen LogP contribution in [-0.4, -0.2) is 35.1 Å². The summed E-state index contributed by atoms with van der Waals surface area (Å²) >= 11 is 0. The fourth-order valence-electron chi connectivity index (χ4n) is 0.848. The third-order valence-corrected chi connectivity index (χ3v) is 2.61. The second kappa shape index (κ2) is 5.84. The highest BCUT2D eigenvalue weighted by atomic mass is 16.4. The summed E-state index contributed by atoms with van der Waals surface area (Å²) in [6.07, 6.45) is 0. The van der Waals surface area contributed by atoms with Crippen molar-refractivity contribution >= 4 is 11.9 Å². The molecule has 1 atom stereocenters. The Hall–Kier alpha value is -1.10. The molecule has 1 amide bonds. The van der Waals surface area contributed by atoms with Gasteiger partial charge in [-0.2, -0.15) is 0 Å². The molecule has 0 aliphatic rings. The third kappa shape index (κ3) is 5.11. The number of rotatable bonds is 6. The van der Waals surface area contributed by atoms with E-state index < -0.39 is 11.5 Å². The minimum atomic E-state index is -1.08. The molecule has 1 unspecified atom stereocenters. The minimum Gasteiger partial charge on any atom is -0.480 e. The van der Waals surface area contributed by atoms with Gasteiger partial charge in [0.2, 0.25) is 5.91 Å². The zero-order valence-corrected chi connectivity index (χ0v) is 10.6. The van der Waals surface area contributed by atoms with Crippen LogP contribution in [0.2, 0.25) is 0 Å². The average molecular weight is 230 g/mol. The molecule has 0 saturated heterocycles. The van der Waals surface area contributed by atoms with Crippen molar-refractivity contribution in [3.8, 4) is 0 Å². The van der Waals surface area contributed by atoms with Crippen LogP contribution < -0.4 is 10.6 Å². The molecular formula is C11H22N2O3. The lowest BCUT2D eigenvalue weighted by molar-refractivity contribution is -0.143. The highest BCUT2D eigenvalue weighted by molar-refractivity contribution is 5.81. The summed E-state index contributed by atoms with van der Waals surface area (Å²) in [5.74, 6) is -0.802. The molecule has 5 nitrogen and oxygen atoms in total. The standard InChI is InChI=1S/C11H22N2O3/c1-7(2)8(3)13-9(14)6-12-11(4,5)10(15)16/h7-8,12H,6H2,1-5H3,(H,13,14)(H,15,16). The lowest BCUT2D eigenvalue weighted by Gasteiger charge is -2.22. The highest BCUT2D eigenvalue weighted by Crippen LogP contribution is 2.01. The van der Waals surface area contributed by atoms with Crippen LogP contribution in [0.3, 0.4) is 0 Å². The van der Waals surface area contributed by atoms with E-state index in [4.69, 9.17) is 5.11 Å². The number of carbonyl (C=O) groups is 2. The Kier molecular flexibility index (Phi) is 5.44. The molecule has 3 N–H and O–H groups in total. The van der Waals surface area contributed by atoms with E-state index in [9.17, 15) is 9.59 Å². The van der Waals surface area contributed by atoms with Gasteiger partial charge in [0.25, 0.3) is 0 Å². The number of hydrogen-bond donors (Lipinski definition) is 3. The van der Waals surface area contributed by atoms with Crippen LogP contribution in [0.1, 0.15) is 34.6 Å². The summed E-state index contributed by atoms with van der Waals surface area (Å²) in [7, 11) is 0.